The lowest BCUT2D eigenvalue weighted by Crippen LogP contribution is -2.41. The van der Waals surface area contributed by atoms with Gasteiger partial charge in [0.15, 0.2) is 0 Å². The van der Waals surface area contributed by atoms with Crippen LogP contribution in [0.1, 0.15) is 46.4 Å². The number of fused-ring (bicyclic) bond motifs is 1. The first kappa shape index (κ1) is 24.8. The molecule has 0 spiro atoms. The second-order valence-electron chi connectivity index (χ2n) is 9.63. The minimum Gasteiger partial charge on any atom is -0.298 e. The van der Waals surface area contributed by atoms with Gasteiger partial charge in [0, 0.05) is 56.5 Å². The Bertz CT molecular complexity index is 1330. The van der Waals surface area contributed by atoms with Gasteiger partial charge in [0.2, 0.25) is 0 Å². The SMILES string of the molecule is Cn1nc2c(c1N(CCN1CC=C(c3ccc(F)cc3)CC1)C(=O)c1ccc([N+](=O)[O-])cc1)CCCC2. The van der Waals surface area contributed by atoms with Crippen LogP contribution < -0.4 is 4.90 Å². The molecule has 9 heteroatoms. The molecule has 1 aliphatic heterocycles. The third-order valence-corrected chi connectivity index (χ3v) is 7.26. The van der Waals surface area contributed by atoms with E-state index in [1.807, 2.05) is 23.9 Å². The summed E-state index contributed by atoms with van der Waals surface area (Å²) in [5.41, 5.74) is 4.79. The van der Waals surface area contributed by atoms with E-state index in [9.17, 15) is 19.3 Å². The molecule has 1 amide bonds. The van der Waals surface area contributed by atoms with Crippen molar-refractivity contribution in [3.63, 3.8) is 0 Å². The molecule has 5 rings (SSSR count). The van der Waals surface area contributed by atoms with Crippen LogP contribution in [0.4, 0.5) is 15.9 Å². The number of benzene rings is 2. The maximum Gasteiger partial charge on any atom is 0.269 e. The average Bonchev–Trinajstić information content (AvgIpc) is 3.25. The second-order valence-corrected chi connectivity index (χ2v) is 9.63. The molecule has 8 nitrogen and oxygen atoms in total. The summed E-state index contributed by atoms with van der Waals surface area (Å²) in [4.78, 5) is 28.5. The zero-order valence-corrected chi connectivity index (χ0v) is 20.9. The lowest BCUT2D eigenvalue weighted by Gasteiger charge is -2.30. The zero-order valence-electron chi connectivity index (χ0n) is 20.9. The van der Waals surface area contributed by atoms with Gasteiger partial charge in [-0.3, -0.25) is 29.4 Å². The number of hydrogen-bond acceptors (Lipinski definition) is 5. The Balaban J connectivity index is 1.36. The molecule has 37 heavy (non-hydrogen) atoms. The van der Waals surface area contributed by atoms with Crippen LogP contribution in [0.25, 0.3) is 5.57 Å². The number of aryl methyl sites for hydroxylation is 2. The molecule has 1 aliphatic carbocycles. The van der Waals surface area contributed by atoms with Gasteiger partial charge in [-0.2, -0.15) is 5.10 Å². The minimum atomic E-state index is -0.465. The van der Waals surface area contributed by atoms with Gasteiger partial charge in [0.05, 0.1) is 10.6 Å². The first-order chi connectivity index (χ1) is 17.9. The van der Waals surface area contributed by atoms with Gasteiger partial charge in [0.1, 0.15) is 11.6 Å². The minimum absolute atomic E-state index is 0.0434. The van der Waals surface area contributed by atoms with Gasteiger partial charge in [-0.25, -0.2) is 4.39 Å². The van der Waals surface area contributed by atoms with Crippen molar-refractivity contribution in [2.45, 2.75) is 32.1 Å². The highest BCUT2D eigenvalue weighted by atomic mass is 19.1. The van der Waals surface area contributed by atoms with Crippen LogP contribution in [0.3, 0.4) is 0 Å². The topological polar surface area (TPSA) is 84.5 Å². The molecule has 0 unspecified atom stereocenters. The van der Waals surface area contributed by atoms with Gasteiger partial charge in [0.25, 0.3) is 11.6 Å². The second kappa shape index (κ2) is 10.6. The summed E-state index contributed by atoms with van der Waals surface area (Å²) in [5, 5.41) is 15.8. The van der Waals surface area contributed by atoms with Gasteiger partial charge in [-0.1, -0.05) is 18.2 Å². The zero-order chi connectivity index (χ0) is 25.9. The van der Waals surface area contributed by atoms with Crippen molar-refractivity contribution in [2.24, 2.45) is 7.05 Å². The van der Waals surface area contributed by atoms with Crippen molar-refractivity contribution in [3.05, 3.63) is 92.9 Å². The number of halogens is 1. The number of carbonyl (C=O) groups is 1. The van der Waals surface area contributed by atoms with E-state index in [1.54, 1.807) is 4.90 Å². The predicted molar refractivity (Wildman–Crippen MR) is 140 cm³/mol. The van der Waals surface area contributed by atoms with Crippen LogP contribution in [0.2, 0.25) is 0 Å². The van der Waals surface area contributed by atoms with Crippen LogP contribution >= 0.6 is 0 Å². The van der Waals surface area contributed by atoms with Crippen molar-refractivity contribution >= 4 is 23.0 Å². The van der Waals surface area contributed by atoms with Crippen molar-refractivity contribution in [3.8, 4) is 0 Å². The summed E-state index contributed by atoms with van der Waals surface area (Å²) in [6.45, 7) is 2.73. The Hall–Kier alpha value is -3.85. The van der Waals surface area contributed by atoms with Crippen molar-refractivity contribution in [1.29, 1.82) is 0 Å². The molecule has 0 fully saturated rings. The number of carbonyl (C=O) groups excluding carboxylic acids is 1. The lowest BCUT2D eigenvalue weighted by atomic mass is 9.97. The molecule has 0 saturated heterocycles. The number of nitro benzene ring substituents is 1. The van der Waals surface area contributed by atoms with Crippen molar-refractivity contribution in [2.75, 3.05) is 31.1 Å². The normalized spacial score (nSPS) is 15.7. The summed E-state index contributed by atoms with van der Waals surface area (Å²) < 4.78 is 15.1. The fourth-order valence-corrected chi connectivity index (χ4v) is 5.27. The largest absolute Gasteiger partial charge is 0.298 e. The first-order valence-electron chi connectivity index (χ1n) is 12.7. The summed E-state index contributed by atoms with van der Waals surface area (Å²) in [7, 11) is 1.88. The predicted octanol–water partition coefficient (Wildman–Crippen LogP) is 4.78. The van der Waals surface area contributed by atoms with Crippen molar-refractivity contribution in [1.82, 2.24) is 14.7 Å². The van der Waals surface area contributed by atoms with Crippen LogP contribution in [-0.4, -0.2) is 51.7 Å². The van der Waals surface area contributed by atoms with E-state index in [2.05, 4.69) is 11.0 Å². The van der Waals surface area contributed by atoms with Crippen LogP contribution in [0.15, 0.2) is 54.6 Å². The average molecular weight is 504 g/mol. The third kappa shape index (κ3) is 5.32. The molecule has 192 valence electrons. The van der Waals surface area contributed by atoms with Gasteiger partial charge >= 0.3 is 0 Å². The molecule has 0 bridgehead atoms. The number of rotatable bonds is 7. The van der Waals surface area contributed by atoms with E-state index in [1.165, 1.54) is 42.0 Å². The molecule has 2 heterocycles. The van der Waals surface area contributed by atoms with E-state index in [4.69, 9.17) is 5.10 Å². The Morgan fingerprint density at radius 2 is 1.81 bits per heavy atom. The van der Waals surface area contributed by atoms with Crippen molar-refractivity contribution < 1.29 is 14.1 Å². The molecule has 0 atom stereocenters. The fourth-order valence-electron chi connectivity index (χ4n) is 5.27. The molecular weight excluding hydrogens is 473 g/mol. The number of nitrogens with zero attached hydrogens (tertiary/aromatic N) is 5. The van der Waals surface area contributed by atoms with E-state index >= 15 is 0 Å². The van der Waals surface area contributed by atoms with Gasteiger partial charge < -0.3 is 0 Å². The summed E-state index contributed by atoms with van der Waals surface area (Å²) in [5.74, 6) is 0.389. The molecule has 1 aromatic heterocycles. The van der Waals surface area contributed by atoms with E-state index < -0.39 is 4.92 Å². The molecule has 3 aromatic rings. The van der Waals surface area contributed by atoms with Crippen LogP contribution in [-0.2, 0) is 19.9 Å². The Morgan fingerprint density at radius 1 is 1.08 bits per heavy atom. The van der Waals surface area contributed by atoms with Gasteiger partial charge in [-0.05, 0) is 67.5 Å². The molecule has 2 aliphatic rings. The number of nitro groups is 1. The maximum atomic E-state index is 13.8. The standard InChI is InChI=1S/C28H30FN5O3/c1-31-27(25-4-2-3-5-26(25)30-31)33(28(35)22-8-12-24(13-9-22)34(36)37)19-18-32-16-14-21(15-17-32)20-6-10-23(29)11-7-20/h6-14H,2-5,15-19H2,1H3. The Labute approximate surface area is 215 Å². The number of hydrogen-bond donors (Lipinski definition) is 0. The lowest BCUT2D eigenvalue weighted by molar-refractivity contribution is -0.384. The third-order valence-electron chi connectivity index (χ3n) is 7.26. The molecule has 0 saturated carbocycles. The number of anilines is 1. The Kier molecular flexibility index (Phi) is 7.14. The Morgan fingerprint density at radius 3 is 2.49 bits per heavy atom. The van der Waals surface area contributed by atoms with Crippen LogP contribution in [0.5, 0.6) is 0 Å². The maximum absolute atomic E-state index is 13.8. The molecule has 2 aromatic carbocycles. The highest BCUT2D eigenvalue weighted by Crippen LogP contribution is 2.31. The summed E-state index contributed by atoms with van der Waals surface area (Å²) >= 11 is 0. The molecule has 0 radical (unpaired) electrons. The summed E-state index contributed by atoms with van der Waals surface area (Å²) in [6, 6.07) is 12.4. The van der Waals surface area contributed by atoms with E-state index in [0.717, 1.165) is 67.8 Å². The summed E-state index contributed by atoms with van der Waals surface area (Å²) in [6.07, 6.45) is 6.97. The molecule has 0 N–H and O–H groups in total. The monoisotopic (exact) mass is 503 g/mol. The quantitative estimate of drug-likeness (QED) is 0.342. The first-order valence-corrected chi connectivity index (χ1v) is 12.7. The number of amides is 1. The van der Waals surface area contributed by atoms with E-state index in [-0.39, 0.29) is 17.4 Å². The smallest absolute Gasteiger partial charge is 0.269 e. The fraction of sp³-hybridized carbons (Fsp3) is 0.357. The van der Waals surface area contributed by atoms with Gasteiger partial charge in [-0.15, -0.1) is 0 Å². The number of aromatic nitrogens is 2. The highest BCUT2D eigenvalue weighted by Gasteiger charge is 2.28. The molecular formula is C28H30FN5O3. The highest BCUT2D eigenvalue weighted by molar-refractivity contribution is 6.06. The van der Waals surface area contributed by atoms with Crippen LogP contribution in [0, 0.1) is 15.9 Å². The number of non-ortho nitro benzene ring substituents is 1. The van der Waals surface area contributed by atoms with E-state index in [0.29, 0.717) is 18.7 Å².